The van der Waals surface area contributed by atoms with Crippen molar-refractivity contribution >= 4 is 27.5 Å². The lowest BCUT2D eigenvalue weighted by Gasteiger charge is -2.06. The Kier molecular flexibility index (Phi) is 3.53. The highest BCUT2D eigenvalue weighted by molar-refractivity contribution is 9.10. The minimum atomic E-state index is -0.423. The molecular formula is C9H8BrClF. The predicted octanol–water partition coefficient (Wildman–Crippen LogP) is 4.01. The fraction of sp³-hybridized carbons (Fsp3) is 0.222. The van der Waals surface area contributed by atoms with E-state index in [0.717, 1.165) is 10.0 Å². The van der Waals surface area contributed by atoms with Gasteiger partial charge in [0.25, 0.3) is 0 Å². The molecule has 1 aromatic carbocycles. The van der Waals surface area contributed by atoms with E-state index in [0.29, 0.717) is 10.9 Å². The van der Waals surface area contributed by atoms with E-state index in [1.165, 1.54) is 0 Å². The highest BCUT2D eigenvalue weighted by Gasteiger charge is 2.06. The molecule has 0 saturated carbocycles. The molecule has 0 spiro atoms. The third-order valence-corrected chi connectivity index (χ3v) is 2.83. The Morgan fingerprint density at radius 3 is 2.75 bits per heavy atom. The van der Waals surface area contributed by atoms with Gasteiger partial charge >= 0.3 is 0 Å². The van der Waals surface area contributed by atoms with Crippen molar-refractivity contribution in [3.63, 3.8) is 0 Å². The molecule has 0 bridgehead atoms. The number of halogens is 3. The lowest BCUT2D eigenvalue weighted by atomic mass is 10.0. The minimum Gasteiger partial charge on any atom is -0.250 e. The largest absolute Gasteiger partial charge is 0.250 e. The number of hydrogen-bond acceptors (Lipinski definition) is 0. The van der Waals surface area contributed by atoms with Crippen LogP contribution in [0.15, 0.2) is 22.7 Å². The van der Waals surface area contributed by atoms with Crippen molar-refractivity contribution in [2.45, 2.75) is 6.92 Å². The number of hydrogen-bond donors (Lipinski definition) is 0. The molecule has 0 atom stereocenters. The summed E-state index contributed by atoms with van der Waals surface area (Å²) in [6, 6.07) is 5.37. The minimum absolute atomic E-state index is 0.423. The highest BCUT2D eigenvalue weighted by Crippen LogP contribution is 2.26. The molecule has 0 unspecified atom stereocenters. The van der Waals surface area contributed by atoms with Crippen LogP contribution in [0, 0.1) is 5.92 Å². The normalized spacial score (nSPS) is 10.8. The van der Waals surface area contributed by atoms with Crippen LogP contribution < -0.4 is 0 Å². The van der Waals surface area contributed by atoms with Crippen molar-refractivity contribution in [1.82, 2.24) is 0 Å². The van der Waals surface area contributed by atoms with Gasteiger partial charge in [-0.1, -0.05) is 24.6 Å². The molecule has 0 heterocycles. The maximum atomic E-state index is 12.2. The van der Waals surface area contributed by atoms with E-state index in [4.69, 9.17) is 11.6 Å². The number of benzene rings is 1. The fourth-order valence-electron chi connectivity index (χ4n) is 0.839. The topological polar surface area (TPSA) is 0 Å². The zero-order valence-corrected chi connectivity index (χ0v) is 8.91. The van der Waals surface area contributed by atoms with E-state index in [9.17, 15) is 4.39 Å². The third kappa shape index (κ3) is 2.20. The molecule has 0 aliphatic heterocycles. The van der Waals surface area contributed by atoms with Crippen molar-refractivity contribution in [3.8, 4) is 0 Å². The average molecular weight is 251 g/mol. The summed E-state index contributed by atoms with van der Waals surface area (Å²) in [7, 11) is 0. The van der Waals surface area contributed by atoms with Gasteiger partial charge in [-0.15, -0.1) is 0 Å². The summed E-state index contributed by atoms with van der Waals surface area (Å²) in [5.74, 6) is 0.715. The molecule has 0 amide bonds. The van der Waals surface area contributed by atoms with Crippen LogP contribution in [0.3, 0.4) is 0 Å². The van der Waals surface area contributed by atoms with Gasteiger partial charge in [0, 0.05) is 10.4 Å². The Morgan fingerprint density at radius 2 is 2.25 bits per heavy atom. The predicted molar refractivity (Wildman–Crippen MR) is 53.1 cm³/mol. The Hall–Kier alpha value is -0.0800. The average Bonchev–Trinajstić information content (AvgIpc) is 2.08. The van der Waals surface area contributed by atoms with E-state index in [-0.39, 0.29) is 0 Å². The summed E-state index contributed by atoms with van der Waals surface area (Å²) in [5, 5.41) is 0.644. The highest BCUT2D eigenvalue weighted by atomic mass is 79.9. The van der Waals surface area contributed by atoms with Gasteiger partial charge in [0.05, 0.1) is 11.7 Å². The zero-order valence-electron chi connectivity index (χ0n) is 6.57. The molecule has 1 radical (unpaired) electrons. The van der Waals surface area contributed by atoms with Gasteiger partial charge in [-0.25, -0.2) is 0 Å². The van der Waals surface area contributed by atoms with Gasteiger partial charge < -0.3 is 0 Å². The molecule has 0 saturated heterocycles. The molecule has 3 heteroatoms. The summed E-state index contributed by atoms with van der Waals surface area (Å²) in [6.45, 7) is 1.34. The first kappa shape index (κ1) is 10.0. The van der Waals surface area contributed by atoms with Crippen LogP contribution in [-0.2, 0) is 0 Å². The van der Waals surface area contributed by atoms with Crippen LogP contribution in [0.5, 0.6) is 0 Å². The number of rotatable bonds is 2. The smallest absolute Gasteiger partial charge is 0.0997 e. The monoisotopic (exact) mass is 249 g/mol. The van der Waals surface area contributed by atoms with Gasteiger partial charge in [-0.05, 0) is 33.6 Å². The quantitative estimate of drug-likeness (QED) is 0.744. The molecule has 0 aliphatic rings. The Labute approximate surface area is 84.9 Å². The molecule has 1 rings (SSSR count). The molecule has 65 valence electrons. The summed E-state index contributed by atoms with van der Waals surface area (Å²) < 4.78 is 13.0. The van der Waals surface area contributed by atoms with E-state index in [1.54, 1.807) is 13.0 Å². The Bertz CT molecular complexity index is 275. The molecule has 0 aliphatic carbocycles. The Morgan fingerprint density at radius 1 is 1.58 bits per heavy atom. The van der Waals surface area contributed by atoms with Gasteiger partial charge in [0.15, 0.2) is 0 Å². The van der Waals surface area contributed by atoms with Crippen LogP contribution in [0.2, 0.25) is 5.02 Å². The van der Waals surface area contributed by atoms with Crippen molar-refractivity contribution in [3.05, 3.63) is 39.2 Å². The van der Waals surface area contributed by atoms with Gasteiger partial charge in [-0.3, -0.25) is 4.39 Å². The standard InChI is InChI=1S/C9H8BrClF/c1-6(5-12)7-2-3-9(11)8(10)4-7/h2-4H,5H2,1H3. The molecule has 0 fully saturated rings. The summed E-state index contributed by atoms with van der Waals surface area (Å²) in [4.78, 5) is 0. The second kappa shape index (κ2) is 4.24. The van der Waals surface area contributed by atoms with Crippen molar-refractivity contribution < 1.29 is 4.39 Å². The van der Waals surface area contributed by atoms with Gasteiger partial charge in [0.1, 0.15) is 0 Å². The molecule has 12 heavy (non-hydrogen) atoms. The van der Waals surface area contributed by atoms with E-state index in [2.05, 4.69) is 15.9 Å². The van der Waals surface area contributed by atoms with Crippen LogP contribution in [0.1, 0.15) is 12.5 Å². The van der Waals surface area contributed by atoms with Gasteiger partial charge in [-0.2, -0.15) is 0 Å². The molecule has 0 aromatic heterocycles. The Balaban J connectivity index is 2.96. The SMILES string of the molecule is C[C](CF)c1ccc(Cl)c(Br)c1. The van der Waals surface area contributed by atoms with Crippen molar-refractivity contribution in [1.29, 1.82) is 0 Å². The second-order valence-electron chi connectivity index (χ2n) is 2.54. The molecule has 0 nitrogen and oxygen atoms in total. The van der Waals surface area contributed by atoms with Crippen molar-refractivity contribution in [2.24, 2.45) is 0 Å². The summed E-state index contributed by atoms with van der Waals surface area (Å²) >= 11 is 9.05. The number of alkyl halides is 1. The zero-order chi connectivity index (χ0) is 9.14. The fourth-order valence-corrected chi connectivity index (χ4v) is 1.34. The van der Waals surface area contributed by atoms with Crippen molar-refractivity contribution in [2.75, 3.05) is 6.67 Å². The first-order valence-electron chi connectivity index (χ1n) is 3.49. The maximum absolute atomic E-state index is 12.2. The van der Waals surface area contributed by atoms with Gasteiger partial charge in [0.2, 0.25) is 0 Å². The molecule has 0 N–H and O–H groups in total. The summed E-state index contributed by atoms with van der Waals surface area (Å²) in [5.41, 5.74) is 0.883. The first-order valence-corrected chi connectivity index (χ1v) is 4.66. The van der Waals surface area contributed by atoms with E-state index in [1.807, 2.05) is 12.1 Å². The van der Waals surface area contributed by atoms with Crippen LogP contribution in [0.25, 0.3) is 0 Å². The van der Waals surface area contributed by atoms with E-state index < -0.39 is 6.67 Å². The second-order valence-corrected chi connectivity index (χ2v) is 3.80. The summed E-state index contributed by atoms with van der Waals surface area (Å²) in [6.07, 6.45) is 0. The first-order chi connectivity index (χ1) is 5.65. The lowest BCUT2D eigenvalue weighted by Crippen LogP contribution is -1.95. The van der Waals surface area contributed by atoms with Crippen LogP contribution in [0.4, 0.5) is 4.39 Å². The lowest BCUT2D eigenvalue weighted by molar-refractivity contribution is 0.516. The molecule has 1 aromatic rings. The molecular weight excluding hydrogens is 242 g/mol. The third-order valence-electron chi connectivity index (χ3n) is 1.61. The van der Waals surface area contributed by atoms with Crippen LogP contribution >= 0.6 is 27.5 Å². The maximum Gasteiger partial charge on any atom is 0.0997 e. The van der Waals surface area contributed by atoms with E-state index >= 15 is 0 Å². The van der Waals surface area contributed by atoms with Crippen LogP contribution in [-0.4, -0.2) is 6.67 Å².